The molecule has 138 valence electrons. The molecule has 2 atom stereocenters. The number of fused-ring (bicyclic) bond motifs is 1. The fourth-order valence-corrected chi connectivity index (χ4v) is 4.38. The first-order chi connectivity index (χ1) is 12.1. The average Bonchev–Trinajstić information content (AvgIpc) is 2.81. The number of carbonyl (C=O) groups is 2. The summed E-state index contributed by atoms with van der Waals surface area (Å²) in [6.07, 6.45) is 8.89. The molecule has 2 unspecified atom stereocenters. The molecule has 0 radical (unpaired) electrons. The molecule has 1 saturated carbocycles. The molecule has 0 aromatic carbocycles. The summed E-state index contributed by atoms with van der Waals surface area (Å²) in [6, 6.07) is -0.217. The fourth-order valence-electron chi connectivity index (χ4n) is 3.59. The summed E-state index contributed by atoms with van der Waals surface area (Å²) in [5, 5.41) is 14.6. The lowest BCUT2D eigenvalue weighted by atomic mass is 9.86. The van der Waals surface area contributed by atoms with Crippen molar-refractivity contribution in [3.63, 3.8) is 0 Å². The van der Waals surface area contributed by atoms with E-state index in [0.29, 0.717) is 5.92 Å². The highest BCUT2D eigenvalue weighted by atomic mass is 32.2. The van der Waals surface area contributed by atoms with Crippen molar-refractivity contribution in [2.24, 2.45) is 5.92 Å². The zero-order valence-corrected chi connectivity index (χ0v) is 15.6. The number of amides is 3. The Balaban J connectivity index is 1.45. The molecular weight excluding hydrogens is 338 g/mol. The van der Waals surface area contributed by atoms with E-state index in [2.05, 4.69) is 32.3 Å². The Bertz CT molecular complexity index is 618. The summed E-state index contributed by atoms with van der Waals surface area (Å²) < 4.78 is 2.11. The molecule has 8 heteroatoms. The Morgan fingerprint density at radius 3 is 2.84 bits per heavy atom. The zero-order valence-electron chi connectivity index (χ0n) is 14.8. The maximum atomic E-state index is 12.1. The van der Waals surface area contributed by atoms with Crippen LogP contribution in [0.2, 0.25) is 0 Å². The smallest absolute Gasteiger partial charge is 0.321 e. The third kappa shape index (κ3) is 4.96. The number of imide groups is 1. The van der Waals surface area contributed by atoms with Gasteiger partial charge in [0.25, 0.3) is 0 Å². The van der Waals surface area contributed by atoms with Gasteiger partial charge in [0.05, 0.1) is 5.75 Å². The van der Waals surface area contributed by atoms with Gasteiger partial charge in [-0.2, -0.15) is 0 Å². The normalized spacial score (nSPS) is 23.4. The van der Waals surface area contributed by atoms with Gasteiger partial charge in [-0.05, 0) is 31.6 Å². The molecule has 1 aromatic heterocycles. The molecule has 1 aliphatic heterocycles. The van der Waals surface area contributed by atoms with Crippen molar-refractivity contribution >= 4 is 23.7 Å². The van der Waals surface area contributed by atoms with Gasteiger partial charge in [-0.15, -0.1) is 10.2 Å². The molecule has 7 nitrogen and oxygen atoms in total. The van der Waals surface area contributed by atoms with Crippen molar-refractivity contribution in [2.45, 2.75) is 76.0 Å². The predicted octanol–water partition coefficient (Wildman–Crippen LogP) is 2.50. The number of aromatic nitrogens is 3. The first kappa shape index (κ1) is 18.2. The largest absolute Gasteiger partial charge is 0.335 e. The molecule has 1 aliphatic carbocycles. The van der Waals surface area contributed by atoms with Crippen molar-refractivity contribution in [3.8, 4) is 0 Å². The van der Waals surface area contributed by atoms with E-state index in [1.165, 1.54) is 24.6 Å². The number of rotatable bonds is 4. The van der Waals surface area contributed by atoms with Crippen LogP contribution in [-0.2, 0) is 17.8 Å². The van der Waals surface area contributed by atoms with Crippen LogP contribution >= 0.6 is 11.8 Å². The summed E-state index contributed by atoms with van der Waals surface area (Å²) >= 11 is 1.34. The molecule has 1 fully saturated rings. The maximum absolute atomic E-state index is 12.1. The van der Waals surface area contributed by atoms with E-state index >= 15 is 0 Å². The lowest BCUT2D eigenvalue weighted by molar-refractivity contribution is -0.117. The van der Waals surface area contributed by atoms with Gasteiger partial charge >= 0.3 is 6.03 Å². The van der Waals surface area contributed by atoms with E-state index in [-0.39, 0.29) is 23.7 Å². The lowest BCUT2D eigenvalue weighted by Crippen LogP contribution is -2.48. The van der Waals surface area contributed by atoms with Gasteiger partial charge in [0, 0.05) is 19.0 Å². The van der Waals surface area contributed by atoms with Crippen LogP contribution in [0.15, 0.2) is 5.16 Å². The quantitative estimate of drug-likeness (QED) is 0.800. The second-order valence-corrected chi connectivity index (χ2v) is 7.98. The van der Waals surface area contributed by atoms with Crippen LogP contribution in [0, 0.1) is 5.92 Å². The molecular formula is C17H27N5O2S. The molecule has 2 N–H and O–H groups in total. The van der Waals surface area contributed by atoms with E-state index in [1.807, 2.05) is 0 Å². The molecule has 2 heterocycles. The van der Waals surface area contributed by atoms with E-state index in [4.69, 9.17) is 0 Å². The van der Waals surface area contributed by atoms with Crippen molar-refractivity contribution in [2.75, 3.05) is 5.75 Å². The Kier molecular flexibility index (Phi) is 6.34. The van der Waals surface area contributed by atoms with Crippen molar-refractivity contribution in [1.29, 1.82) is 0 Å². The molecule has 1 aromatic rings. The van der Waals surface area contributed by atoms with Crippen LogP contribution in [0.25, 0.3) is 0 Å². The van der Waals surface area contributed by atoms with E-state index in [0.717, 1.165) is 56.1 Å². The molecule has 0 bridgehead atoms. The third-order valence-corrected chi connectivity index (χ3v) is 6.06. The third-order valence-electron chi connectivity index (χ3n) is 5.09. The highest BCUT2D eigenvalue weighted by molar-refractivity contribution is 7.99. The zero-order chi connectivity index (χ0) is 17.6. The van der Waals surface area contributed by atoms with Gasteiger partial charge in [-0.3, -0.25) is 10.1 Å². The van der Waals surface area contributed by atoms with Crippen molar-refractivity contribution < 1.29 is 9.59 Å². The van der Waals surface area contributed by atoms with Gasteiger partial charge < -0.3 is 9.88 Å². The number of aryl methyl sites for hydroxylation is 1. The number of hydrogen-bond donors (Lipinski definition) is 2. The summed E-state index contributed by atoms with van der Waals surface area (Å²) in [5.41, 5.74) is 0. The van der Waals surface area contributed by atoms with E-state index in [1.54, 1.807) is 0 Å². The van der Waals surface area contributed by atoms with E-state index in [9.17, 15) is 9.59 Å². The summed E-state index contributed by atoms with van der Waals surface area (Å²) in [7, 11) is 0. The van der Waals surface area contributed by atoms with Crippen molar-refractivity contribution in [1.82, 2.24) is 25.4 Å². The summed E-state index contributed by atoms with van der Waals surface area (Å²) in [5.74, 6) is 1.35. The van der Waals surface area contributed by atoms with Crippen LogP contribution in [0.3, 0.4) is 0 Å². The van der Waals surface area contributed by atoms with Gasteiger partial charge in [-0.1, -0.05) is 37.9 Å². The molecule has 3 rings (SSSR count). The number of urea groups is 1. The number of nitrogens with zero attached hydrogens (tertiary/aromatic N) is 3. The topological polar surface area (TPSA) is 88.9 Å². The Morgan fingerprint density at radius 2 is 2.00 bits per heavy atom. The summed E-state index contributed by atoms with van der Waals surface area (Å²) in [4.78, 5) is 24.1. The number of hydrogen-bond acceptors (Lipinski definition) is 5. The van der Waals surface area contributed by atoms with Gasteiger partial charge in [0.2, 0.25) is 5.91 Å². The highest BCUT2D eigenvalue weighted by Gasteiger charge is 2.23. The summed E-state index contributed by atoms with van der Waals surface area (Å²) in [6.45, 7) is 3.06. The number of nitrogens with one attached hydrogen (secondary N) is 2. The molecule has 0 saturated heterocycles. The van der Waals surface area contributed by atoms with Gasteiger partial charge in [0.15, 0.2) is 5.16 Å². The lowest BCUT2D eigenvalue weighted by Gasteiger charge is -2.29. The predicted molar refractivity (Wildman–Crippen MR) is 96.4 cm³/mol. The Labute approximate surface area is 152 Å². The van der Waals surface area contributed by atoms with Crippen LogP contribution in [0.1, 0.15) is 57.7 Å². The van der Waals surface area contributed by atoms with E-state index < -0.39 is 0 Å². The van der Waals surface area contributed by atoms with Gasteiger partial charge in [-0.25, -0.2) is 4.79 Å². The molecule has 25 heavy (non-hydrogen) atoms. The number of carbonyl (C=O) groups excluding carboxylic acids is 2. The minimum atomic E-state index is -0.385. The first-order valence-electron chi connectivity index (χ1n) is 9.28. The van der Waals surface area contributed by atoms with Crippen LogP contribution in [0.5, 0.6) is 0 Å². The molecule has 3 amide bonds. The first-order valence-corrected chi connectivity index (χ1v) is 10.3. The minimum absolute atomic E-state index is 0.168. The highest BCUT2D eigenvalue weighted by Crippen LogP contribution is 2.24. The van der Waals surface area contributed by atoms with Crippen LogP contribution < -0.4 is 10.6 Å². The monoisotopic (exact) mass is 365 g/mol. The average molecular weight is 366 g/mol. The fraction of sp³-hybridized carbons (Fsp3) is 0.765. The molecule has 2 aliphatic rings. The standard InChI is InChI=1S/C17H27N5O2S/c1-12-7-4-5-8-13(12)18-16(24)19-15(23)11-25-17-21-20-14-9-3-2-6-10-22(14)17/h12-13H,2-11H2,1H3,(H2,18,19,23,24). The number of thioether (sulfide) groups is 1. The second-order valence-electron chi connectivity index (χ2n) is 7.04. The Hall–Kier alpha value is -1.57. The van der Waals surface area contributed by atoms with Crippen molar-refractivity contribution in [3.05, 3.63) is 5.82 Å². The SMILES string of the molecule is CC1CCCCC1NC(=O)NC(=O)CSc1nnc2n1CCCCC2. The maximum Gasteiger partial charge on any atom is 0.321 e. The molecule has 0 spiro atoms. The second kappa shape index (κ2) is 8.69. The Morgan fingerprint density at radius 1 is 1.16 bits per heavy atom. The van der Waals surface area contributed by atoms with Crippen LogP contribution in [-0.4, -0.2) is 38.5 Å². The van der Waals surface area contributed by atoms with Gasteiger partial charge in [0.1, 0.15) is 5.82 Å². The minimum Gasteiger partial charge on any atom is -0.335 e. The van der Waals surface area contributed by atoms with Crippen LogP contribution in [0.4, 0.5) is 4.79 Å².